The molecule has 0 saturated heterocycles. The van der Waals surface area contributed by atoms with E-state index in [4.69, 9.17) is 4.74 Å². The van der Waals surface area contributed by atoms with Crippen LogP contribution >= 0.6 is 0 Å². The summed E-state index contributed by atoms with van der Waals surface area (Å²) >= 11 is 0. The molecule has 2 aromatic rings. The molecule has 0 aliphatic carbocycles. The van der Waals surface area contributed by atoms with Gasteiger partial charge in [0, 0.05) is 6.92 Å². The van der Waals surface area contributed by atoms with Gasteiger partial charge in [-0.05, 0) is 35.6 Å². The standard InChI is InChI=1S/C18H18O/c1-3-13-19-18-11-9-16(10-12-18)14-15(2)17-7-5-4-6-8-17/h4-12,15H,14H2,1-2H3/t15-/m0/s1. The first-order valence-electron chi connectivity index (χ1n) is 6.52. The monoisotopic (exact) mass is 250 g/mol. The minimum absolute atomic E-state index is 0.517. The van der Waals surface area contributed by atoms with E-state index in [0.29, 0.717) is 5.92 Å². The largest absolute Gasteiger partial charge is 0.408 e. The summed E-state index contributed by atoms with van der Waals surface area (Å²) in [6, 6.07) is 18.7. The maximum atomic E-state index is 5.24. The molecule has 0 N–H and O–H groups in total. The summed E-state index contributed by atoms with van der Waals surface area (Å²) in [7, 11) is 0. The van der Waals surface area contributed by atoms with Crippen molar-refractivity contribution in [1.82, 2.24) is 0 Å². The Labute approximate surface area is 115 Å². The molecule has 96 valence electrons. The van der Waals surface area contributed by atoms with E-state index in [1.165, 1.54) is 11.1 Å². The van der Waals surface area contributed by atoms with Gasteiger partial charge in [-0.1, -0.05) is 55.3 Å². The molecule has 0 amide bonds. The van der Waals surface area contributed by atoms with Crippen LogP contribution in [0.2, 0.25) is 0 Å². The van der Waals surface area contributed by atoms with E-state index >= 15 is 0 Å². The van der Waals surface area contributed by atoms with Gasteiger partial charge in [-0.25, -0.2) is 0 Å². The first-order chi connectivity index (χ1) is 9.29. The molecule has 0 saturated carbocycles. The molecule has 0 unspecified atom stereocenters. The van der Waals surface area contributed by atoms with Crippen molar-refractivity contribution in [3.8, 4) is 17.8 Å². The number of ether oxygens (including phenoxy) is 1. The molecule has 0 spiro atoms. The molecule has 0 fully saturated rings. The van der Waals surface area contributed by atoms with Crippen molar-refractivity contribution in [2.45, 2.75) is 26.2 Å². The highest BCUT2D eigenvalue weighted by molar-refractivity contribution is 5.30. The predicted molar refractivity (Wildman–Crippen MR) is 79.1 cm³/mol. The van der Waals surface area contributed by atoms with Crippen molar-refractivity contribution in [2.75, 3.05) is 0 Å². The van der Waals surface area contributed by atoms with Crippen LogP contribution in [0.15, 0.2) is 54.6 Å². The number of hydrogen-bond donors (Lipinski definition) is 0. The summed E-state index contributed by atoms with van der Waals surface area (Å²) in [5.74, 6) is 4.03. The number of hydrogen-bond acceptors (Lipinski definition) is 1. The molecule has 1 heteroatoms. The van der Waals surface area contributed by atoms with E-state index in [0.717, 1.165) is 12.2 Å². The van der Waals surface area contributed by atoms with Crippen molar-refractivity contribution < 1.29 is 4.74 Å². The van der Waals surface area contributed by atoms with Crippen LogP contribution in [0.25, 0.3) is 0 Å². The summed E-state index contributed by atoms with van der Waals surface area (Å²) in [5.41, 5.74) is 2.69. The van der Waals surface area contributed by atoms with Crippen molar-refractivity contribution in [1.29, 1.82) is 0 Å². The van der Waals surface area contributed by atoms with Gasteiger partial charge in [0.15, 0.2) is 0 Å². The molecular formula is C18H18O. The summed E-state index contributed by atoms with van der Waals surface area (Å²) in [6.45, 7) is 4.01. The molecular weight excluding hydrogens is 232 g/mol. The highest BCUT2D eigenvalue weighted by Gasteiger charge is 2.06. The van der Waals surface area contributed by atoms with Crippen LogP contribution in [0.1, 0.15) is 30.9 Å². The highest BCUT2D eigenvalue weighted by atomic mass is 16.5. The lowest BCUT2D eigenvalue weighted by Crippen LogP contribution is -1.98. The second-order valence-corrected chi connectivity index (χ2v) is 4.61. The average Bonchev–Trinajstić information content (AvgIpc) is 2.47. The zero-order valence-electron chi connectivity index (χ0n) is 11.4. The second-order valence-electron chi connectivity index (χ2n) is 4.61. The Morgan fingerprint density at radius 1 is 1.00 bits per heavy atom. The zero-order chi connectivity index (χ0) is 13.5. The third kappa shape index (κ3) is 3.89. The van der Waals surface area contributed by atoms with Crippen molar-refractivity contribution in [3.63, 3.8) is 0 Å². The number of benzene rings is 2. The van der Waals surface area contributed by atoms with Crippen LogP contribution in [-0.4, -0.2) is 0 Å². The van der Waals surface area contributed by atoms with Gasteiger partial charge in [0.2, 0.25) is 0 Å². The second kappa shape index (κ2) is 6.66. The van der Waals surface area contributed by atoms with E-state index in [1.807, 2.05) is 12.1 Å². The van der Waals surface area contributed by atoms with Gasteiger partial charge in [0.05, 0.1) is 0 Å². The Morgan fingerprint density at radius 3 is 2.32 bits per heavy atom. The van der Waals surface area contributed by atoms with Crippen molar-refractivity contribution in [3.05, 3.63) is 65.7 Å². The molecule has 2 aromatic carbocycles. The van der Waals surface area contributed by atoms with Gasteiger partial charge < -0.3 is 4.74 Å². The normalized spacial score (nSPS) is 11.3. The molecule has 2 rings (SSSR count). The number of rotatable bonds is 4. The third-order valence-corrected chi connectivity index (χ3v) is 3.10. The van der Waals surface area contributed by atoms with Gasteiger partial charge >= 0.3 is 0 Å². The maximum absolute atomic E-state index is 5.24. The lowest BCUT2D eigenvalue weighted by atomic mass is 9.94. The summed E-state index contributed by atoms with van der Waals surface area (Å²) < 4.78 is 5.24. The first kappa shape index (κ1) is 13.2. The lowest BCUT2D eigenvalue weighted by Gasteiger charge is -2.12. The molecule has 0 heterocycles. The predicted octanol–water partition coefficient (Wildman–Crippen LogP) is 4.39. The van der Waals surface area contributed by atoms with Gasteiger partial charge in [-0.2, -0.15) is 0 Å². The topological polar surface area (TPSA) is 9.23 Å². The summed E-state index contributed by atoms with van der Waals surface area (Å²) in [5, 5.41) is 0. The van der Waals surface area contributed by atoms with Gasteiger partial charge in [-0.3, -0.25) is 0 Å². The lowest BCUT2D eigenvalue weighted by molar-refractivity contribution is 0.519. The minimum Gasteiger partial charge on any atom is -0.408 e. The van der Waals surface area contributed by atoms with E-state index in [9.17, 15) is 0 Å². The smallest absolute Gasteiger partial charge is 0.140 e. The van der Waals surface area contributed by atoms with Crippen LogP contribution in [0, 0.1) is 12.0 Å². The Kier molecular flexibility index (Phi) is 4.64. The van der Waals surface area contributed by atoms with Gasteiger partial charge in [-0.15, -0.1) is 0 Å². The highest BCUT2D eigenvalue weighted by Crippen LogP contribution is 2.21. The molecule has 1 nitrogen and oxygen atoms in total. The van der Waals surface area contributed by atoms with Crippen LogP contribution in [0.3, 0.4) is 0 Å². The van der Waals surface area contributed by atoms with Crippen LogP contribution in [0.4, 0.5) is 0 Å². The molecule has 0 bridgehead atoms. The SMILES string of the molecule is CC#COc1ccc(C[C@H](C)c2ccccc2)cc1. The first-order valence-corrected chi connectivity index (χ1v) is 6.52. The third-order valence-electron chi connectivity index (χ3n) is 3.10. The Hall–Kier alpha value is -2.20. The van der Waals surface area contributed by atoms with Crippen molar-refractivity contribution >= 4 is 0 Å². The van der Waals surface area contributed by atoms with Crippen LogP contribution in [0.5, 0.6) is 5.75 Å². The Balaban J connectivity index is 2.01. The average molecular weight is 250 g/mol. The maximum Gasteiger partial charge on any atom is 0.140 e. The minimum atomic E-state index is 0.517. The summed E-state index contributed by atoms with van der Waals surface area (Å²) in [6.07, 6.45) is 3.63. The Bertz CT molecular complexity index is 558. The van der Waals surface area contributed by atoms with E-state index in [-0.39, 0.29) is 0 Å². The summed E-state index contributed by atoms with van der Waals surface area (Å²) in [4.78, 5) is 0. The fraction of sp³-hybridized carbons (Fsp3) is 0.222. The Morgan fingerprint density at radius 2 is 1.68 bits per heavy atom. The van der Waals surface area contributed by atoms with E-state index < -0.39 is 0 Å². The van der Waals surface area contributed by atoms with Crippen LogP contribution < -0.4 is 4.74 Å². The molecule has 19 heavy (non-hydrogen) atoms. The quantitative estimate of drug-likeness (QED) is 0.731. The molecule has 0 aliphatic heterocycles. The van der Waals surface area contributed by atoms with Crippen molar-refractivity contribution in [2.24, 2.45) is 0 Å². The fourth-order valence-corrected chi connectivity index (χ4v) is 2.06. The molecule has 0 aliphatic rings. The van der Waals surface area contributed by atoms with Gasteiger partial charge in [0.25, 0.3) is 0 Å². The van der Waals surface area contributed by atoms with E-state index in [1.54, 1.807) is 6.92 Å². The zero-order valence-corrected chi connectivity index (χ0v) is 11.4. The molecule has 0 radical (unpaired) electrons. The molecule has 0 aromatic heterocycles. The molecule has 1 atom stereocenters. The van der Waals surface area contributed by atoms with Gasteiger partial charge in [0.1, 0.15) is 11.9 Å². The fourth-order valence-electron chi connectivity index (χ4n) is 2.06. The van der Waals surface area contributed by atoms with Crippen LogP contribution in [-0.2, 0) is 6.42 Å². The van der Waals surface area contributed by atoms with E-state index in [2.05, 4.69) is 61.4 Å².